The van der Waals surface area contributed by atoms with Crippen molar-refractivity contribution in [1.82, 2.24) is 0 Å². The van der Waals surface area contributed by atoms with Crippen molar-refractivity contribution in [3.63, 3.8) is 0 Å². The number of rotatable bonds is 1. The summed E-state index contributed by atoms with van der Waals surface area (Å²) in [4.78, 5) is 11.3. The van der Waals surface area contributed by atoms with Crippen molar-refractivity contribution in [3.8, 4) is 0 Å². The predicted molar refractivity (Wildman–Crippen MR) is 40.1 cm³/mol. The van der Waals surface area contributed by atoms with Crippen LogP contribution in [0, 0.1) is 11.8 Å². The van der Waals surface area contributed by atoms with Gasteiger partial charge in [-0.3, -0.25) is 4.79 Å². The van der Waals surface area contributed by atoms with Gasteiger partial charge in [0.15, 0.2) is 6.29 Å². The third-order valence-corrected chi connectivity index (χ3v) is 2.09. The minimum Gasteiger partial charge on any atom is -0.355 e. The van der Waals surface area contributed by atoms with Gasteiger partial charge >= 0.3 is 0 Å². The molecule has 0 saturated carbocycles. The van der Waals surface area contributed by atoms with Crippen molar-refractivity contribution >= 4 is 5.78 Å². The second-order valence-corrected chi connectivity index (χ2v) is 3.03. The summed E-state index contributed by atoms with van der Waals surface area (Å²) in [6.45, 7) is 4.21. The lowest BCUT2D eigenvalue weighted by Gasteiger charge is -2.30. The molecule has 3 atom stereocenters. The molecule has 1 aliphatic rings. The van der Waals surface area contributed by atoms with E-state index in [4.69, 9.17) is 9.47 Å². The highest BCUT2D eigenvalue weighted by Crippen LogP contribution is 2.21. The van der Waals surface area contributed by atoms with Crippen LogP contribution in [0.1, 0.15) is 13.8 Å². The van der Waals surface area contributed by atoms with E-state index in [1.54, 1.807) is 7.11 Å². The summed E-state index contributed by atoms with van der Waals surface area (Å²) >= 11 is 0. The molecule has 0 bridgehead atoms. The molecule has 3 nitrogen and oxygen atoms in total. The molecule has 1 rings (SSSR count). The van der Waals surface area contributed by atoms with E-state index >= 15 is 0 Å². The van der Waals surface area contributed by atoms with Gasteiger partial charge in [-0.05, 0) is 0 Å². The molecule has 0 aromatic rings. The van der Waals surface area contributed by atoms with Crippen LogP contribution in [0.4, 0.5) is 0 Å². The Balaban J connectivity index is 2.59. The fourth-order valence-electron chi connectivity index (χ4n) is 1.32. The van der Waals surface area contributed by atoms with Gasteiger partial charge in [0.25, 0.3) is 0 Å². The minimum atomic E-state index is -0.335. The lowest BCUT2D eigenvalue weighted by atomic mass is 9.93. The quantitative estimate of drug-likeness (QED) is 0.567. The molecule has 0 aliphatic carbocycles. The molecule has 1 heterocycles. The first-order valence-electron chi connectivity index (χ1n) is 3.85. The number of Topliss-reactive ketones (excluding diaryl/α,β-unsaturated/α-hetero) is 1. The Kier molecular flexibility index (Phi) is 2.62. The molecule has 0 spiro atoms. The topological polar surface area (TPSA) is 35.5 Å². The number of carbonyl (C=O) groups is 1. The summed E-state index contributed by atoms with van der Waals surface area (Å²) in [6, 6.07) is 0. The predicted octanol–water partition coefficient (Wildman–Crippen LogP) is 0.830. The summed E-state index contributed by atoms with van der Waals surface area (Å²) in [6.07, 6.45) is -0.335. The van der Waals surface area contributed by atoms with Crippen LogP contribution in [-0.4, -0.2) is 25.8 Å². The fraction of sp³-hybridized carbons (Fsp3) is 0.875. The Labute approximate surface area is 66.7 Å². The van der Waals surface area contributed by atoms with Crippen molar-refractivity contribution in [1.29, 1.82) is 0 Å². The highest BCUT2D eigenvalue weighted by atomic mass is 16.7. The molecule has 0 aromatic heterocycles. The third-order valence-electron chi connectivity index (χ3n) is 2.09. The van der Waals surface area contributed by atoms with E-state index in [9.17, 15) is 4.79 Å². The zero-order chi connectivity index (χ0) is 8.43. The molecule has 0 radical (unpaired) electrons. The average molecular weight is 158 g/mol. The molecule has 1 saturated heterocycles. The molecule has 1 fully saturated rings. The van der Waals surface area contributed by atoms with Crippen LogP contribution < -0.4 is 0 Å². The minimum absolute atomic E-state index is 0.0244. The average Bonchev–Trinajstić information content (AvgIpc) is 2.01. The number of ketones is 1. The van der Waals surface area contributed by atoms with Gasteiger partial charge in [-0.1, -0.05) is 13.8 Å². The zero-order valence-electron chi connectivity index (χ0n) is 7.16. The Morgan fingerprint density at radius 3 is 2.73 bits per heavy atom. The highest BCUT2D eigenvalue weighted by Gasteiger charge is 2.33. The van der Waals surface area contributed by atoms with Gasteiger partial charge < -0.3 is 9.47 Å². The summed E-state index contributed by atoms with van der Waals surface area (Å²) in [7, 11) is 1.56. The van der Waals surface area contributed by atoms with E-state index in [2.05, 4.69) is 0 Å². The molecule has 0 unspecified atom stereocenters. The van der Waals surface area contributed by atoms with Gasteiger partial charge in [0.05, 0.1) is 12.5 Å². The van der Waals surface area contributed by atoms with Crippen molar-refractivity contribution in [2.24, 2.45) is 11.8 Å². The molecular formula is C8H14O3. The highest BCUT2D eigenvalue weighted by molar-refractivity contribution is 5.83. The molecule has 0 N–H and O–H groups in total. The van der Waals surface area contributed by atoms with E-state index in [-0.39, 0.29) is 23.9 Å². The molecule has 0 aromatic carbocycles. The monoisotopic (exact) mass is 158 g/mol. The number of methoxy groups -OCH3 is 1. The molecule has 3 heteroatoms. The van der Waals surface area contributed by atoms with Crippen LogP contribution in [0.15, 0.2) is 0 Å². The first-order chi connectivity index (χ1) is 5.16. The number of hydrogen-bond donors (Lipinski definition) is 0. The molecule has 64 valence electrons. The van der Waals surface area contributed by atoms with Crippen molar-refractivity contribution in [3.05, 3.63) is 0 Å². The Morgan fingerprint density at radius 2 is 2.18 bits per heavy atom. The van der Waals surface area contributed by atoms with Crippen molar-refractivity contribution in [2.75, 3.05) is 13.7 Å². The second kappa shape index (κ2) is 3.32. The van der Waals surface area contributed by atoms with Crippen LogP contribution in [0.3, 0.4) is 0 Å². The second-order valence-electron chi connectivity index (χ2n) is 3.03. The lowest BCUT2D eigenvalue weighted by Crippen LogP contribution is -2.41. The summed E-state index contributed by atoms with van der Waals surface area (Å²) in [5.74, 6) is 0.142. The number of ether oxygens (including phenoxy) is 2. The van der Waals surface area contributed by atoms with Crippen LogP contribution in [0.2, 0.25) is 0 Å². The van der Waals surface area contributed by atoms with Crippen LogP contribution in [-0.2, 0) is 14.3 Å². The van der Waals surface area contributed by atoms with Gasteiger partial charge in [-0.15, -0.1) is 0 Å². The molecule has 1 aliphatic heterocycles. The van der Waals surface area contributed by atoms with Gasteiger partial charge in [-0.25, -0.2) is 0 Å². The Morgan fingerprint density at radius 1 is 1.55 bits per heavy atom. The van der Waals surface area contributed by atoms with Crippen molar-refractivity contribution in [2.45, 2.75) is 20.1 Å². The number of hydrogen-bond acceptors (Lipinski definition) is 3. The van der Waals surface area contributed by atoms with E-state index in [1.165, 1.54) is 0 Å². The first kappa shape index (κ1) is 8.68. The van der Waals surface area contributed by atoms with E-state index in [0.29, 0.717) is 6.61 Å². The third kappa shape index (κ3) is 1.60. The Hall–Kier alpha value is -0.410. The summed E-state index contributed by atoms with van der Waals surface area (Å²) < 4.78 is 10.3. The maximum Gasteiger partial charge on any atom is 0.166 e. The van der Waals surface area contributed by atoms with Gasteiger partial charge in [0.2, 0.25) is 0 Å². The van der Waals surface area contributed by atoms with Gasteiger partial charge in [0, 0.05) is 13.0 Å². The standard InChI is InChI=1S/C8H14O3/c1-5-4-11-8(10-3)6(2)7(5)9/h5-6,8H,4H2,1-3H3/t5-,6-,8+/m1/s1. The summed E-state index contributed by atoms with van der Waals surface area (Å²) in [5.41, 5.74) is 0. The smallest absolute Gasteiger partial charge is 0.166 e. The van der Waals surface area contributed by atoms with E-state index < -0.39 is 0 Å². The van der Waals surface area contributed by atoms with E-state index in [1.807, 2.05) is 13.8 Å². The zero-order valence-corrected chi connectivity index (χ0v) is 7.16. The van der Waals surface area contributed by atoms with Crippen LogP contribution >= 0.6 is 0 Å². The maximum absolute atomic E-state index is 11.3. The van der Waals surface area contributed by atoms with Gasteiger partial charge in [-0.2, -0.15) is 0 Å². The molecular weight excluding hydrogens is 144 g/mol. The maximum atomic E-state index is 11.3. The largest absolute Gasteiger partial charge is 0.355 e. The Bertz CT molecular complexity index is 155. The molecule has 11 heavy (non-hydrogen) atoms. The lowest BCUT2D eigenvalue weighted by molar-refractivity contribution is -0.189. The number of carbonyl (C=O) groups excluding carboxylic acids is 1. The van der Waals surface area contributed by atoms with Crippen molar-refractivity contribution < 1.29 is 14.3 Å². The SMILES string of the molecule is CO[C@H]1OC[C@@H](C)C(=O)[C@H]1C. The fourth-order valence-corrected chi connectivity index (χ4v) is 1.32. The van der Waals surface area contributed by atoms with E-state index in [0.717, 1.165) is 0 Å². The first-order valence-corrected chi connectivity index (χ1v) is 3.85. The van der Waals surface area contributed by atoms with Crippen LogP contribution in [0.25, 0.3) is 0 Å². The normalized spacial score (nSPS) is 39.2. The van der Waals surface area contributed by atoms with Crippen LogP contribution in [0.5, 0.6) is 0 Å². The molecule has 0 amide bonds. The van der Waals surface area contributed by atoms with Gasteiger partial charge in [0.1, 0.15) is 5.78 Å². The summed E-state index contributed by atoms with van der Waals surface area (Å²) in [5, 5.41) is 0.